The van der Waals surface area contributed by atoms with Gasteiger partial charge in [0.05, 0.1) is 11.3 Å². The van der Waals surface area contributed by atoms with Crippen molar-refractivity contribution in [3.05, 3.63) is 51.9 Å². The Kier molecular flexibility index (Phi) is 3.80. The zero-order chi connectivity index (χ0) is 22.4. The van der Waals surface area contributed by atoms with Crippen molar-refractivity contribution < 1.29 is 18.7 Å². The molecule has 32 heavy (non-hydrogen) atoms. The standard InChI is InChI=1S/C25H24FN3O3/c1-13-11-24(7-2-3-8-24)29-21-15(13)9-14(26)10-16(21)25(23(29)31)17(12-27)22(28)32-19-6-4-5-18(30)20(19)25/h9-10,13H,2-8,11,28H2,1H3/t13-,25+/m0/s1. The van der Waals surface area contributed by atoms with Crippen molar-refractivity contribution in [3.63, 3.8) is 0 Å². The summed E-state index contributed by atoms with van der Waals surface area (Å²) in [5.41, 5.74) is 5.97. The van der Waals surface area contributed by atoms with Crippen LogP contribution in [0, 0.1) is 17.1 Å². The summed E-state index contributed by atoms with van der Waals surface area (Å²) in [5.74, 6) is -0.822. The number of nitriles is 1. The molecular formula is C25H24FN3O3. The number of rotatable bonds is 0. The minimum absolute atomic E-state index is 0.0546. The van der Waals surface area contributed by atoms with Crippen LogP contribution < -0.4 is 10.6 Å². The first-order valence-electron chi connectivity index (χ1n) is 11.4. The number of ether oxygens (including phenoxy) is 1. The number of halogens is 1. The van der Waals surface area contributed by atoms with E-state index in [-0.39, 0.29) is 46.6 Å². The highest BCUT2D eigenvalue weighted by Gasteiger charge is 2.66. The van der Waals surface area contributed by atoms with Crippen LogP contribution in [0.5, 0.6) is 0 Å². The summed E-state index contributed by atoms with van der Waals surface area (Å²) in [5, 5.41) is 10.2. The third kappa shape index (κ3) is 2.08. The lowest BCUT2D eigenvalue weighted by molar-refractivity contribution is -0.125. The minimum atomic E-state index is -1.73. The first-order valence-corrected chi connectivity index (χ1v) is 11.4. The molecule has 1 aromatic carbocycles. The third-order valence-corrected chi connectivity index (χ3v) is 8.19. The predicted molar refractivity (Wildman–Crippen MR) is 114 cm³/mol. The Morgan fingerprint density at radius 2 is 1.97 bits per heavy atom. The molecule has 3 heterocycles. The molecule has 7 heteroatoms. The maximum absolute atomic E-state index is 15.0. The molecule has 0 saturated heterocycles. The highest BCUT2D eigenvalue weighted by molar-refractivity contribution is 6.21. The Morgan fingerprint density at radius 1 is 1.22 bits per heavy atom. The topological polar surface area (TPSA) is 96.4 Å². The van der Waals surface area contributed by atoms with Crippen molar-refractivity contribution in [2.24, 2.45) is 5.73 Å². The van der Waals surface area contributed by atoms with E-state index >= 15 is 4.39 Å². The molecule has 1 fully saturated rings. The number of hydrogen-bond donors (Lipinski definition) is 1. The number of nitrogens with zero attached hydrogens (tertiary/aromatic N) is 2. The number of benzene rings is 1. The zero-order valence-electron chi connectivity index (χ0n) is 18.0. The Morgan fingerprint density at radius 3 is 2.69 bits per heavy atom. The highest BCUT2D eigenvalue weighted by Crippen LogP contribution is 2.63. The van der Waals surface area contributed by atoms with E-state index in [0.717, 1.165) is 37.7 Å². The largest absolute Gasteiger partial charge is 0.444 e. The average Bonchev–Trinajstić information content (AvgIpc) is 3.30. The van der Waals surface area contributed by atoms with Crippen molar-refractivity contribution in [3.8, 4) is 6.07 Å². The maximum Gasteiger partial charge on any atom is 0.248 e. The number of fused-ring (bicyclic) bond motifs is 3. The first-order chi connectivity index (χ1) is 15.3. The lowest BCUT2D eigenvalue weighted by atomic mass is 9.65. The summed E-state index contributed by atoms with van der Waals surface area (Å²) in [7, 11) is 0. The van der Waals surface area contributed by atoms with E-state index in [1.807, 2.05) is 4.90 Å². The monoisotopic (exact) mass is 433 g/mol. The van der Waals surface area contributed by atoms with Gasteiger partial charge in [0, 0.05) is 23.9 Å². The molecule has 2 spiro atoms. The molecule has 0 aromatic heterocycles. The van der Waals surface area contributed by atoms with E-state index < -0.39 is 11.2 Å². The van der Waals surface area contributed by atoms with Crippen LogP contribution in [0.15, 0.2) is 34.9 Å². The number of amides is 1. The van der Waals surface area contributed by atoms with Gasteiger partial charge in [0.15, 0.2) is 5.78 Å². The molecule has 6 rings (SSSR count). The Labute approximate surface area is 185 Å². The van der Waals surface area contributed by atoms with Gasteiger partial charge < -0.3 is 15.4 Å². The smallest absolute Gasteiger partial charge is 0.248 e. The summed E-state index contributed by atoms with van der Waals surface area (Å²) in [4.78, 5) is 29.7. The number of Topliss-reactive ketones (excluding diaryl/α,β-unsaturated/α-hetero) is 1. The van der Waals surface area contributed by atoms with E-state index in [9.17, 15) is 14.9 Å². The van der Waals surface area contributed by atoms with Gasteiger partial charge in [-0.15, -0.1) is 0 Å². The quantitative estimate of drug-likeness (QED) is 0.668. The normalized spacial score (nSPS) is 30.0. The van der Waals surface area contributed by atoms with Crippen LogP contribution in [0.25, 0.3) is 0 Å². The van der Waals surface area contributed by atoms with Crippen molar-refractivity contribution in [2.45, 2.75) is 75.2 Å². The molecule has 1 aromatic rings. The zero-order valence-corrected chi connectivity index (χ0v) is 18.0. The summed E-state index contributed by atoms with van der Waals surface area (Å²) >= 11 is 0. The number of allylic oxidation sites excluding steroid dienone is 1. The van der Waals surface area contributed by atoms with Crippen molar-refractivity contribution >= 4 is 17.4 Å². The van der Waals surface area contributed by atoms with E-state index in [4.69, 9.17) is 10.5 Å². The van der Waals surface area contributed by atoms with Crippen LogP contribution in [-0.4, -0.2) is 17.2 Å². The summed E-state index contributed by atoms with van der Waals surface area (Å²) in [6.45, 7) is 2.07. The van der Waals surface area contributed by atoms with Gasteiger partial charge in [-0.3, -0.25) is 9.59 Å². The fraction of sp³-hybridized carbons (Fsp3) is 0.480. The number of ketones is 1. The van der Waals surface area contributed by atoms with Crippen LogP contribution in [-0.2, 0) is 19.7 Å². The molecule has 2 aliphatic carbocycles. The second kappa shape index (κ2) is 6.22. The number of anilines is 1. The van der Waals surface area contributed by atoms with Crippen molar-refractivity contribution in [1.29, 1.82) is 5.26 Å². The number of nitrogens with two attached hydrogens (primary N) is 1. The summed E-state index contributed by atoms with van der Waals surface area (Å²) < 4.78 is 20.8. The van der Waals surface area contributed by atoms with Crippen LogP contribution in [0.1, 0.15) is 75.3 Å². The van der Waals surface area contributed by atoms with Gasteiger partial charge in [0.25, 0.3) is 0 Å². The third-order valence-electron chi connectivity index (χ3n) is 8.19. The van der Waals surface area contributed by atoms with Gasteiger partial charge in [-0.1, -0.05) is 19.8 Å². The number of carbonyl (C=O) groups excluding carboxylic acids is 2. The Bertz CT molecular complexity index is 1220. The molecule has 5 aliphatic rings. The molecule has 0 radical (unpaired) electrons. The fourth-order valence-corrected chi connectivity index (χ4v) is 7.05. The molecule has 1 amide bonds. The van der Waals surface area contributed by atoms with Gasteiger partial charge in [0.2, 0.25) is 11.8 Å². The van der Waals surface area contributed by atoms with Crippen molar-refractivity contribution in [1.82, 2.24) is 0 Å². The van der Waals surface area contributed by atoms with E-state index in [1.54, 1.807) is 0 Å². The second-order valence-corrected chi connectivity index (χ2v) is 9.85. The summed E-state index contributed by atoms with van der Waals surface area (Å²) in [6.07, 6.45) is 5.76. The van der Waals surface area contributed by atoms with Crippen LogP contribution >= 0.6 is 0 Å². The van der Waals surface area contributed by atoms with Gasteiger partial charge >= 0.3 is 0 Å². The van der Waals surface area contributed by atoms with E-state index in [1.165, 1.54) is 12.1 Å². The highest BCUT2D eigenvalue weighted by atomic mass is 19.1. The Balaban J connectivity index is 1.76. The molecule has 164 valence electrons. The minimum Gasteiger partial charge on any atom is -0.444 e. The summed E-state index contributed by atoms with van der Waals surface area (Å²) in [6, 6.07) is 4.91. The lowest BCUT2D eigenvalue weighted by Gasteiger charge is -2.47. The molecule has 6 nitrogen and oxygen atoms in total. The molecule has 3 aliphatic heterocycles. The predicted octanol–water partition coefficient (Wildman–Crippen LogP) is 3.96. The number of carbonyl (C=O) groups is 2. The second-order valence-electron chi connectivity index (χ2n) is 9.85. The van der Waals surface area contributed by atoms with Gasteiger partial charge in [0.1, 0.15) is 28.6 Å². The maximum atomic E-state index is 15.0. The molecule has 2 N–H and O–H groups in total. The van der Waals surface area contributed by atoms with Crippen molar-refractivity contribution in [2.75, 3.05) is 4.90 Å². The van der Waals surface area contributed by atoms with Gasteiger partial charge in [-0.2, -0.15) is 5.26 Å². The van der Waals surface area contributed by atoms with E-state index in [0.29, 0.717) is 29.9 Å². The molecule has 1 saturated carbocycles. The number of hydrogen-bond acceptors (Lipinski definition) is 5. The fourth-order valence-electron chi connectivity index (χ4n) is 7.05. The van der Waals surface area contributed by atoms with Crippen LogP contribution in [0.3, 0.4) is 0 Å². The first kappa shape index (κ1) is 19.5. The lowest BCUT2D eigenvalue weighted by Crippen LogP contribution is -2.57. The molecule has 2 atom stereocenters. The van der Waals surface area contributed by atoms with Gasteiger partial charge in [-0.05, 0) is 49.3 Å². The molecular weight excluding hydrogens is 409 g/mol. The van der Waals surface area contributed by atoms with Crippen LogP contribution in [0.4, 0.5) is 10.1 Å². The Hall–Kier alpha value is -3.14. The SMILES string of the molecule is C[C@H]1CC2(CCCC2)N2C(=O)[C@@]3(C(C#N)=C(N)OC4=C3C(=O)CCC4)c3cc(F)cc1c32. The van der Waals surface area contributed by atoms with Crippen LogP contribution in [0.2, 0.25) is 0 Å². The molecule has 0 unspecified atom stereocenters. The average molecular weight is 433 g/mol. The molecule has 0 bridgehead atoms. The van der Waals surface area contributed by atoms with E-state index in [2.05, 4.69) is 13.0 Å². The van der Waals surface area contributed by atoms with Gasteiger partial charge in [-0.25, -0.2) is 4.39 Å².